The number of rotatable bonds is 3. The van der Waals surface area contributed by atoms with Crippen LogP contribution in [-0.2, 0) is 0 Å². The first-order valence-electron chi connectivity index (χ1n) is 4.68. The Balaban J connectivity index is 2.87. The Morgan fingerprint density at radius 1 is 1.56 bits per heavy atom. The lowest BCUT2D eigenvalue weighted by molar-refractivity contribution is 0.252. The molecule has 4 nitrogen and oxygen atoms in total. The standard InChI is InChI=1S/C10H12FN3OS/c1-2-13-10(15)14-6-3-4-8(11)7(5-6)9(12)16/h3-5H,2H2,1H3,(H2,12,16)(H2,13,14,15). The summed E-state index contributed by atoms with van der Waals surface area (Å²) >= 11 is 4.68. The van der Waals surface area contributed by atoms with Crippen molar-refractivity contribution in [3.63, 3.8) is 0 Å². The first-order chi connectivity index (χ1) is 7.54. The van der Waals surface area contributed by atoms with E-state index >= 15 is 0 Å². The number of nitrogens with one attached hydrogen (secondary N) is 2. The number of hydrogen-bond acceptors (Lipinski definition) is 2. The Hall–Kier alpha value is -1.69. The summed E-state index contributed by atoms with van der Waals surface area (Å²) in [5.41, 5.74) is 5.89. The van der Waals surface area contributed by atoms with Crippen LogP contribution >= 0.6 is 12.2 Å². The van der Waals surface area contributed by atoms with Crippen molar-refractivity contribution in [3.8, 4) is 0 Å². The molecule has 0 saturated heterocycles. The summed E-state index contributed by atoms with van der Waals surface area (Å²) in [7, 11) is 0. The number of benzene rings is 1. The summed E-state index contributed by atoms with van der Waals surface area (Å²) in [6.07, 6.45) is 0. The molecule has 0 saturated carbocycles. The van der Waals surface area contributed by atoms with E-state index in [2.05, 4.69) is 22.9 Å². The molecule has 0 atom stereocenters. The van der Waals surface area contributed by atoms with Gasteiger partial charge < -0.3 is 16.4 Å². The number of halogens is 1. The van der Waals surface area contributed by atoms with Crippen molar-refractivity contribution in [2.24, 2.45) is 5.73 Å². The molecule has 0 fully saturated rings. The van der Waals surface area contributed by atoms with Gasteiger partial charge in [0.15, 0.2) is 0 Å². The molecule has 1 aromatic carbocycles. The molecule has 0 aliphatic carbocycles. The van der Waals surface area contributed by atoms with Gasteiger partial charge in [-0.25, -0.2) is 9.18 Å². The first-order valence-corrected chi connectivity index (χ1v) is 5.09. The van der Waals surface area contributed by atoms with Crippen LogP contribution in [0.5, 0.6) is 0 Å². The van der Waals surface area contributed by atoms with Crippen molar-refractivity contribution < 1.29 is 9.18 Å². The Kier molecular flexibility index (Phi) is 4.19. The molecule has 0 aliphatic heterocycles. The third-order valence-corrected chi connectivity index (χ3v) is 2.05. The molecule has 1 aromatic rings. The third-order valence-electron chi connectivity index (χ3n) is 1.83. The van der Waals surface area contributed by atoms with Gasteiger partial charge in [0.1, 0.15) is 10.8 Å². The number of amides is 2. The lowest BCUT2D eigenvalue weighted by Crippen LogP contribution is -2.28. The monoisotopic (exact) mass is 241 g/mol. The summed E-state index contributed by atoms with van der Waals surface area (Å²) < 4.78 is 13.2. The van der Waals surface area contributed by atoms with Crippen LogP contribution in [0.15, 0.2) is 18.2 Å². The average Bonchev–Trinajstić information content (AvgIpc) is 2.21. The van der Waals surface area contributed by atoms with Gasteiger partial charge in [-0.05, 0) is 25.1 Å². The highest BCUT2D eigenvalue weighted by atomic mass is 32.1. The molecule has 0 heterocycles. The smallest absolute Gasteiger partial charge is 0.319 e. The molecule has 0 aliphatic rings. The van der Waals surface area contributed by atoms with Crippen LogP contribution in [0.1, 0.15) is 12.5 Å². The molecule has 86 valence electrons. The second-order valence-electron chi connectivity index (χ2n) is 3.04. The zero-order valence-corrected chi connectivity index (χ0v) is 9.53. The fourth-order valence-electron chi connectivity index (χ4n) is 1.13. The van der Waals surface area contributed by atoms with E-state index in [0.717, 1.165) is 0 Å². The van der Waals surface area contributed by atoms with Gasteiger partial charge >= 0.3 is 6.03 Å². The molecular formula is C10H12FN3OS. The van der Waals surface area contributed by atoms with Crippen LogP contribution in [0.3, 0.4) is 0 Å². The van der Waals surface area contributed by atoms with Crippen molar-refractivity contribution >= 4 is 28.9 Å². The quantitative estimate of drug-likeness (QED) is 0.704. The minimum atomic E-state index is -0.506. The van der Waals surface area contributed by atoms with E-state index < -0.39 is 5.82 Å². The van der Waals surface area contributed by atoms with Crippen LogP contribution in [-0.4, -0.2) is 17.6 Å². The third kappa shape index (κ3) is 3.16. The molecular weight excluding hydrogens is 229 g/mol. The van der Waals surface area contributed by atoms with Crippen LogP contribution in [0.4, 0.5) is 14.9 Å². The van der Waals surface area contributed by atoms with E-state index in [9.17, 15) is 9.18 Å². The lowest BCUT2D eigenvalue weighted by atomic mass is 10.2. The zero-order chi connectivity index (χ0) is 12.1. The van der Waals surface area contributed by atoms with Gasteiger partial charge in [-0.3, -0.25) is 0 Å². The van der Waals surface area contributed by atoms with E-state index in [1.54, 1.807) is 6.92 Å². The van der Waals surface area contributed by atoms with Crippen LogP contribution in [0.2, 0.25) is 0 Å². The van der Waals surface area contributed by atoms with Crippen LogP contribution in [0.25, 0.3) is 0 Å². The Morgan fingerprint density at radius 2 is 2.25 bits per heavy atom. The highest BCUT2D eigenvalue weighted by molar-refractivity contribution is 7.80. The molecule has 1 rings (SSSR count). The van der Waals surface area contributed by atoms with Gasteiger partial charge in [0.2, 0.25) is 0 Å². The average molecular weight is 241 g/mol. The fraction of sp³-hybridized carbons (Fsp3) is 0.200. The van der Waals surface area contributed by atoms with Crippen molar-refractivity contribution in [2.45, 2.75) is 6.92 Å². The van der Waals surface area contributed by atoms with Gasteiger partial charge in [-0.2, -0.15) is 0 Å². The van der Waals surface area contributed by atoms with E-state index in [1.807, 2.05) is 0 Å². The molecule has 0 bridgehead atoms. The number of urea groups is 1. The Labute approximate surface area is 98.0 Å². The SMILES string of the molecule is CCNC(=O)Nc1ccc(F)c(C(N)=S)c1. The second kappa shape index (κ2) is 5.41. The number of hydrogen-bond donors (Lipinski definition) is 3. The maximum atomic E-state index is 13.2. The number of carbonyl (C=O) groups is 1. The predicted molar refractivity (Wildman–Crippen MR) is 65.0 cm³/mol. The molecule has 0 spiro atoms. The second-order valence-corrected chi connectivity index (χ2v) is 3.48. The van der Waals surface area contributed by atoms with Crippen LogP contribution < -0.4 is 16.4 Å². The largest absolute Gasteiger partial charge is 0.389 e. The zero-order valence-electron chi connectivity index (χ0n) is 8.71. The first kappa shape index (κ1) is 12.4. The predicted octanol–water partition coefficient (Wildman–Crippen LogP) is 1.60. The molecule has 0 radical (unpaired) electrons. The van der Waals surface area contributed by atoms with E-state index in [-0.39, 0.29) is 16.6 Å². The molecule has 4 N–H and O–H groups in total. The van der Waals surface area contributed by atoms with Crippen molar-refractivity contribution in [1.82, 2.24) is 5.32 Å². The number of thiocarbonyl (C=S) groups is 1. The maximum Gasteiger partial charge on any atom is 0.319 e. The molecule has 16 heavy (non-hydrogen) atoms. The molecule has 0 unspecified atom stereocenters. The van der Waals surface area contributed by atoms with Gasteiger partial charge in [0.25, 0.3) is 0 Å². The van der Waals surface area contributed by atoms with Gasteiger partial charge in [0.05, 0.1) is 0 Å². The van der Waals surface area contributed by atoms with Crippen molar-refractivity contribution in [3.05, 3.63) is 29.6 Å². The highest BCUT2D eigenvalue weighted by Gasteiger charge is 2.07. The lowest BCUT2D eigenvalue weighted by Gasteiger charge is -2.07. The molecule has 0 aromatic heterocycles. The number of anilines is 1. The Morgan fingerprint density at radius 3 is 2.81 bits per heavy atom. The van der Waals surface area contributed by atoms with E-state index in [4.69, 9.17) is 5.73 Å². The van der Waals surface area contributed by atoms with Gasteiger partial charge in [-0.1, -0.05) is 12.2 Å². The van der Waals surface area contributed by atoms with Gasteiger partial charge in [0, 0.05) is 17.8 Å². The highest BCUT2D eigenvalue weighted by Crippen LogP contribution is 2.14. The van der Waals surface area contributed by atoms with Crippen molar-refractivity contribution in [2.75, 3.05) is 11.9 Å². The summed E-state index contributed by atoms with van der Waals surface area (Å²) in [5, 5.41) is 5.08. The summed E-state index contributed by atoms with van der Waals surface area (Å²) in [5.74, 6) is -0.506. The summed E-state index contributed by atoms with van der Waals surface area (Å²) in [6, 6.07) is 3.68. The maximum absolute atomic E-state index is 13.2. The minimum Gasteiger partial charge on any atom is -0.389 e. The molecule has 6 heteroatoms. The van der Waals surface area contributed by atoms with E-state index in [1.165, 1.54) is 18.2 Å². The number of nitrogens with two attached hydrogens (primary N) is 1. The Bertz CT molecular complexity index is 423. The van der Waals surface area contributed by atoms with E-state index in [0.29, 0.717) is 12.2 Å². The summed E-state index contributed by atoms with van der Waals surface area (Å²) in [6.45, 7) is 2.31. The van der Waals surface area contributed by atoms with Crippen LogP contribution in [0, 0.1) is 5.82 Å². The number of carbonyl (C=O) groups excluding carboxylic acids is 1. The summed E-state index contributed by atoms with van der Waals surface area (Å²) in [4.78, 5) is 11.2. The normalized spacial score (nSPS) is 9.62. The van der Waals surface area contributed by atoms with Gasteiger partial charge in [-0.15, -0.1) is 0 Å². The van der Waals surface area contributed by atoms with Crippen molar-refractivity contribution in [1.29, 1.82) is 0 Å². The minimum absolute atomic E-state index is 0.0444. The molecule has 2 amide bonds. The topological polar surface area (TPSA) is 67.2 Å². The fourth-order valence-corrected chi connectivity index (χ4v) is 1.28.